The SMILES string of the molecule is CCc1nc(-c2ncc[nH]2)no1. The number of nitrogens with one attached hydrogen (secondary N) is 1. The molecule has 0 radical (unpaired) electrons. The van der Waals surface area contributed by atoms with E-state index in [1.54, 1.807) is 12.4 Å². The van der Waals surface area contributed by atoms with Crippen molar-refractivity contribution in [3.05, 3.63) is 18.3 Å². The smallest absolute Gasteiger partial charge is 0.238 e. The Morgan fingerprint density at radius 3 is 3.08 bits per heavy atom. The molecule has 0 spiro atoms. The number of rotatable bonds is 2. The van der Waals surface area contributed by atoms with Crippen molar-refractivity contribution in [2.45, 2.75) is 13.3 Å². The molecule has 2 rings (SSSR count). The number of nitrogens with zero attached hydrogens (tertiary/aromatic N) is 3. The third kappa shape index (κ3) is 1.09. The Morgan fingerprint density at radius 2 is 2.50 bits per heavy atom. The molecule has 0 atom stereocenters. The molecule has 5 nitrogen and oxygen atoms in total. The first-order valence-corrected chi connectivity index (χ1v) is 3.72. The normalized spacial score (nSPS) is 10.4. The molecular weight excluding hydrogens is 156 g/mol. The Labute approximate surface area is 68.8 Å². The van der Waals surface area contributed by atoms with Crippen LogP contribution in [0.25, 0.3) is 11.6 Å². The quantitative estimate of drug-likeness (QED) is 0.719. The molecule has 0 unspecified atom stereocenters. The van der Waals surface area contributed by atoms with E-state index in [0.29, 0.717) is 17.5 Å². The van der Waals surface area contributed by atoms with Gasteiger partial charge in [0.1, 0.15) is 0 Å². The molecule has 2 aromatic heterocycles. The summed E-state index contributed by atoms with van der Waals surface area (Å²) in [7, 11) is 0. The fraction of sp³-hybridized carbons (Fsp3) is 0.286. The first kappa shape index (κ1) is 7.02. The molecule has 0 saturated carbocycles. The third-order valence-electron chi connectivity index (χ3n) is 1.48. The summed E-state index contributed by atoms with van der Waals surface area (Å²) in [5, 5.41) is 3.75. The van der Waals surface area contributed by atoms with Crippen LogP contribution < -0.4 is 0 Å². The number of H-pyrrole nitrogens is 1. The molecule has 0 fully saturated rings. The largest absolute Gasteiger partial charge is 0.342 e. The molecule has 62 valence electrons. The summed E-state index contributed by atoms with van der Waals surface area (Å²) in [6, 6.07) is 0. The van der Waals surface area contributed by atoms with Gasteiger partial charge in [-0.3, -0.25) is 0 Å². The van der Waals surface area contributed by atoms with Crippen molar-refractivity contribution in [2.75, 3.05) is 0 Å². The van der Waals surface area contributed by atoms with Crippen molar-refractivity contribution in [3.8, 4) is 11.6 Å². The second kappa shape index (κ2) is 2.77. The minimum atomic E-state index is 0.511. The van der Waals surface area contributed by atoms with Crippen LogP contribution in [0, 0.1) is 0 Å². The molecule has 0 aliphatic carbocycles. The molecule has 0 aliphatic rings. The fourth-order valence-electron chi connectivity index (χ4n) is 0.882. The summed E-state index contributed by atoms with van der Waals surface area (Å²) in [6.45, 7) is 1.96. The van der Waals surface area contributed by atoms with Crippen LogP contribution in [0.4, 0.5) is 0 Å². The summed E-state index contributed by atoms with van der Waals surface area (Å²) in [5.74, 6) is 1.77. The number of hydrogen-bond donors (Lipinski definition) is 1. The van der Waals surface area contributed by atoms with E-state index in [0.717, 1.165) is 6.42 Å². The van der Waals surface area contributed by atoms with E-state index in [9.17, 15) is 0 Å². The number of aromatic amines is 1. The van der Waals surface area contributed by atoms with Crippen LogP contribution in [0.15, 0.2) is 16.9 Å². The molecule has 12 heavy (non-hydrogen) atoms. The number of imidazole rings is 1. The minimum absolute atomic E-state index is 0.511. The van der Waals surface area contributed by atoms with Crippen molar-refractivity contribution >= 4 is 0 Å². The highest BCUT2D eigenvalue weighted by molar-refractivity contribution is 5.40. The summed E-state index contributed by atoms with van der Waals surface area (Å²) in [4.78, 5) is 11.0. The monoisotopic (exact) mass is 164 g/mol. The van der Waals surface area contributed by atoms with Crippen molar-refractivity contribution in [3.63, 3.8) is 0 Å². The standard InChI is InChI=1S/C7H8N4O/c1-2-5-10-7(11-12-5)6-8-3-4-9-6/h3-4H,2H2,1H3,(H,8,9). The lowest BCUT2D eigenvalue weighted by Gasteiger charge is -1.81. The van der Waals surface area contributed by atoms with Crippen molar-refractivity contribution in [2.24, 2.45) is 0 Å². The van der Waals surface area contributed by atoms with Crippen LogP contribution in [-0.4, -0.2) is 20.1 Å². The lowest BCUT2D eigenvalue weighted by atomic mass is 10.5. The van der Waals surface area contributed by atoms with Crippen molar-refractivity contribution in [1.82, 2.24) is 20.1 Å². The fourth-order valence-corrected chi connectivity index (χ4v) is 0.882. The Balaban J connectivity index is 2.35. The number of hydrogen-bond acceptors (Lipinski definition) is 4. The number of aromatic nitrogens is 4. The van der Waals surface area contributed by atoms with Gasteiger partial charge < -0.3 is 9.51 Å². The summed E-state index contributed by atoms with van der Waals surface area (Å²) in [6.07, 6.45) is 4.11. The van der Waals surface area contributed by atoms with Crippen LogP contribution in [0.3, 0.4) is 0 Å². The molecular formula is C7H8N4O. The van der Waals surface area contributed by atoms with Gasteiger partial charge in [0, 0.05) is 18.8 Å². The zero-order valence-corrected chi connectivity index (χ0v) is 6.61. The molecule has 0 aromatic carbocycles. The van der Waals surface area contributed by atoms with Crippen LogP contribution >= 0.6 is 0 Å². The van der Waals surface area contributed by atoms with Gasteiger partial charge in [-0.15, -0.1) is 0 Å². The van der Waals surface area contributed by atoms with Gasteiger partial charge in [-0.1, -0.05) is 12.1 Å². The van der Waals surface area contributed by atoms with E-state index in [1.807, 2.05) is 6.92 Å². The second-order valence-corrected chi connectivity index (χ2v) is 2.30. The van der Waals surface area contributed by atoms with Crippen LogP contribution in [0.1, 0.15) is 12.8 Å². The maximum atomic E-state index is 4.92. The first-order valence-electron chi connectivity index (χ1n) is 3.72. The highest BCUT2D eigenvalue weighted by atomic mass is 16.5. The van der Waals surface area contributed by atoms with Crippen LogP contribution in [0.2, 0.25) is 0 Å². The van der Waals surface area contributed by atoms with Gasteiger partial charge in [-0.2, -0.15) is 4.98 Å². The topological polar surface area (TPSA) is 67.6 Å². The zero-order valence-electron chi connectivity index (χ0n) is 6.61. The second-order valence-electron chi connectivity index (χ2n) is 2.30. The molecule has 0 aliphatic heterocycles. The van der Waals surface area contributed by atoms with Crippen LogP contribution in [-0.2, 0) is 6.42 Å². The predicted octanol–water partition coefficient (Wildman–Crippen LogP) is 1.02. The van der Waals surface area contributed by atoms with Gasteiger partial charge in [0.05, 0.1) is 0 Å². The molecule has 0 saturated heterocycles. The van der Waals surface area contributed by atoms with E-state index in [-0.39, 0.29) is 0 Å². The summed E-state index contributed by atoms with van der Waals surface area (Å²) < 4.78 is 4.92. The molecule has 2 aromatic rings. The molecule has 5 heteroatoms. The summed E-state index contributed by atoms with van der Waals surface area (Å²) in [5.41, 5.74) is 0. The predicted molar refractivity (Wildman–Crippen MR) is 41.3 cm³/mol. The van der Waals surface area contributed by atoms with Gasteiger partial charge in [-0.05, 0) is 0 Å². The molecule has 1 N–H and O–H groups in total. The average molecular weight is 164 g/mol. The lowest BCUT2D eigenvalue weighted by Crippen LogP contribution is -1.83. The third-order valence-corrected chi connectivity index (χ3v) is 1.48. The first-order chi connectivity index (χ1) is 5.90. The van der Waals surface area contributed by atoms with Gasteiger partial charge in [-0.25, -0.2) is 4.98 Å². The van der Waals surface area contributed by atoms with Gasteiger partial charge in [0.2, 0.25) is 11.7 Å². The van der Waals surface area contributed by atoms with E-state index in [4.69, 9.17) is 4.52 Å². The zero-order chi connectivity index (χ0) is 8.39. The van der Waals surface area contributed by atoms with E-state index < -0.39 is 0 Å². The van der Waals surface area contributed by atoms with Crippen LogP contribution in [0.5, 0.6) is 0 Å². The minimum Gasteiger partial charge on any atom is -0.342 e. The maximum absolute atomic E-state index is 4.92. The van der Waals surface area contributed by atoms with E-state index >= 15 is 0 Å². The highest BCUT2D eigenvalue weighted by Crippen LogP contribution is 2.09. The summed E-state index contributed by atoms with van der Waals surface area (Å²) >= 11 is 0. The Bertz CT molecular complexity index is 351. The highest BCUT2D eigenvalue weighted by Gasteiger charge is 2.07. The van der Waals surface area contributed by atoms with E-state index in [1.165, 1.54) is 0 Å². The lowest BCUT2D eigenvalue weighted by molar-refractivity contribution is 0.382. The van der Waals surface area contributed by atoms with E-state index in [2.05, 4.69) is 20.1 Å². The van der Waals surface area contributed by atoms with Crippen molar-refractivity contribution < 1.29 is 4.52 Å². The molecule has 0 amide bonds. The Morgan fingerprint density at radius 1 is 1.58 bits per heavy atom. The molecule has 0 bridgehead atoms. The van der Waals surface area contributed by atoms with Gasteiger partial charge >= 0.3 is 0 Å². The van der Waals surface area contributed by atoms with Gasteiger partial charge in [0.25, 0.3) is 0 Å². The Hall–Kier alpha value is -1.65. The van der Waals surface area contributed by atoms with Gasteiger partial charge in [0.15, 0.2) is 5.82 Å². The maximum Gasteiger partial charge on any atom is 0.238 e. The number of aryl methyl sites for hydroxylation is 1. The Kier molecular flexibility index (Phi) is 1.62. The average Bonchev–Trinajstić information content (AvgIpc) is 2.75. The van der Waals surface area contributed by atoms with Crippen molar-refractivity contribution in [1.29, 1.82) is 0 Å². The molecule has 2 heterocycles.